The monoisotopic (exact) mass is 288 g/mol. The van der Waals surface area contributed by atoms with Crippen LogP contribution in [-0.2, 0) is 0 Å². The van der Waals surface area contributed by atoms with Crippen molar-refractivity contribution in [2.75, 3.05) is 31.1 Å². The fourth-order valence-electron chi connectivity index (χ4n) is 3.55. The largest absolute Gasteiger partial charge is 0.340 e. The number of fused-ring (bicyclic) bond motifs is 1. The number of nitrogens with one attached hydrogen (secondary N) is 2. The summed E-state index contributed by atoms with van der Waals surface area (Å²) >= 11 is 0. The molecule has 1 saturated carbocycles. The van der Waals surface area contributed by atoms with E-state index in [1.807, 2.05) is 0 Å². The number of hydrogen-bond acceptors (Lipinski definition) is 5. The van der Waals surface area contributed by atoms with Gasteiger partial charge in [-0.05, 0) is 12.8 Å². The molecule has 1 saturated heterocycles. The van der Waals surface area contributed by atoms with Crippen molar-refractivity contribution >= 4 is 17.0 Å². The Kier molecular flexibility index (Phi) is 3.14. The molecule has 2 fully saturated rings. The minimum Gasteiger partial charge on any atom is -0.340 e. The topological polar surface area (TPSA) is 80.9 Å². The molecule has 0 bridgehead atoms. The molecule has 0 atom stereocenters. The van der Waals surface area contributed by atoms with E-state index in [1.165, 1.54) is 31.9 Å². The summed E-state index contributed by atoms with van der Waals surface area (Å²) in [4.78, 5) is 24.1. The van der Waals surface area contributed by atoms with Gasteiger partial charge < -0.3 is 4.90 Å². The maximum atomic E-state index is 12.0. The number of aromatic amines is 2. The average molecular weight is 288 g/mol. The Morgan fingerprint density at radius 3 is 2.67 bits per heavy atom. The van der Waals surface area contributed by atoms with Crippen molar-refractivity contribution in [1.82, 2.24) is 25.1 Å². The van der Waals surface area contributed by atoms with Crippen LogP contribution in [-0.4, -0.2) is 57.3 Å². The van der Waals surface area contributed by atoms with Gasteiger partial charge in [0.15, 0.2) is 5.65 Å². The van der Waals surface area contributed by atoms with Gasteiger partial charge in [-0.3, -0.25) is 19.8 Å². The SMILES string of the molecule is O=c1[nH]c(N2CCN(C3CCCC3)CC2)nc2[nH]ncc12. The van der Waals surface area contributed by atoms with Gasteiger partial charge in [-0.1, -0.05) is 12.8 Å². The highest BCUT2D eigenvalue weighted by Crippen LogP contribution is 2.24. The minimum atomic E-state index is -0.123. The van der Waals surface area contributed by atoms with Gasteiger partial charge >= 0.3 is 0 Å². The van der Waals surface area contributed by atoms with Crippen molar-refractivity contribution in [1.29, 1.82) is 0 Å². The number of hydrogen-bond donors (Lipinski definition) is 2. The molecular formula is C14H20N6O. The first-order valence-corrected chi connectivity index (χ1v) is 7.74. The van der Waals surface area contributed by atoms with Gasteiger partial charge in [-0.15, -0.1) is 0 Å². The second kappa shape index (κ2) is 5.14. The fourth-order valence-corrected chi connectivity index (χ4v) is 3.55. The van der Waals surface area contributed by atoms with E-state index in [-0.39, 0.29) is 5.56 Å². The van der Waals surface area contributed by atoms with Gasteiger partial charge in [-0.25, -0.2) is 0 Å². The van der Waals surface area contributed by atoms with Gasteiger partial charge in [0, 0.05) is 32.2 Å². The molecule has 1 aliphatic carbocycles. The minimum absolute atomic E-state index is 0.123. The molecule has 0 aromatic carbocycles. The smallest absolute Gasteiger partial charge is 0.263 e. The van der Waals surface area contributed by atoms with Crippen LogP contribution in [0.5, 0.6) is 0 Å². The standard InChI is InChI=1S/C14H20N6O/c21-13-11-9-15-18-12(11)16-14(17-13)20-7-5-19(6-8-20)10-3-1-2-4-10/h9-10H,1-8H2,(H2,15,16,17,18,21). The first-order chi connectivity index (χ1) is 10.3. The first kappa shape index (κ1) is 12.8. The Labute approximate surface area is 122 Å². The lowest BCUT2D eigenvalue weighted by Gasteiger charge is -2.38. The molecule has 0 amide bonds. The zero-order valence-electron chi connectivity index (χ0n) is 12.0. The van der Waals surface area contributed by atoms with Crippen molar-refractivity contribution in [3.63, 3.8) is 0 Å². The fraction of sp³-hybridized carbons (Fsp3) is 0.643. The third-order valence-electron chi connectivity index (χ3n) is 4.76. The molecule has 1 aliphatic heterocycles. The molecule has 0 radical (unpaired) electrons. The van der Waals surface area contributed by atoms with E-state index in [1.54, 1.807) is 0 Å². The molecule has 21 heavy (non-hydrogen) atoms. The van der Waals surface area contributed by atoms with E-state index in [9.17, 15) is 4.79 Å². The van der Waals surface area contributed by atoms with E-state index in [2.05, 4.69) is 30.0 Å². The van der Waals surface area contributed by atoms with E-state index < -0.39 is 0 Å². The highest BCUT2D eigenvalue weighted by Gasteiger charge is 2.27. The summed E-state index contributed by atoms with van der Waals surface area (Å²) in [7, 11) is 0. The molecule has 2 aromatic rings. The zero-order valence-corrected chi connectivity index (χ0v) is 12.0. The lowest BCUT2D eigenvalue weighted by atomic mass is 10.2. The summed E-state index contributed by atoms with van der Waals surface area (Å²) in [6.45, 7) is 3.93. The summed E-state index contributed by atoms with van der Waals surface area (Å²) in [5.74, 6) is 0.655. The first-order valence-electron chi connectivity index (χ1n) is 7.74. The zero-order chi connectivity index (χ0) is 14.2. The van der Waals surface area contributed by atoms with Gasteiger partial charge in [0.2, 0.25) is 5.95 Å². The number of rotatable bonds is 2. The number of piperazine rings is 1. The Bertz CT molecular complexity index is 678. The van der Waals surface area contributed by atoms with Crippen LogP contribution in [0.4, 0.5) is 5.95 Å². The lowest BCUT2D eigenvalue weighted by molar-refractivity contribution is 0.187. The van der Waals surface area contributed by atoms with Gasteiger partial charge in [0.1, 0.15) is 5.39 Å². The Morgan fingerprint density at radius 2 is 1.90 bits per heavy atom. The summed E-state index contributed by atoms with van der Waals surface area (Å²) in [6.07, 6.45) is 6.94. The summed E-state index contributed by atoms with van der Waals surface area (Å²) < 4.78 is 0. The van der Waals surface area contributed by atoms with Crippen LogP contribution < -0.4 is 10.5 Å². The van der Waals surface area contributed by atoms with Crippen LogP contribution >= 0.6 is 0 Å². The molecular weight excluding hydrogens is 268 g/mol. The molecule has 2 aliphatic rings. The van der Waals surface area contributed by atoms with Crippen LogP contribution in [0.3, 0.4) is 0 Å². The molecule has 2 aromatic heterocycles. The molecule has 4 rings (SSSR count). The summed E-state index contributed by atoms with van der Waals surface area (Å²) in [5, 5.41) is 7.17. The van der Waals surface area contributed by atoms with E-state index >= 15 is 0 Å². The third kappa shape index (κ3) is 2.31. The van der Waals surface area contributed by atoms with Crippen LogP contribution in [0.2, 0.25) is 0 Å². The Morgan fingerprint density at radius 1 is 1.14 bits per heavy atom. The molecule has 7 nitrogen and oxygen atoms in total. The summed E-state index contributed by atoms with van der Waals surface area (Å²) in [5.41, 5.74) is 0.439. The quantitative estimate of drug-likeness (QED) is 0.850. The predicted molar refractivity (Wildman–Crippen MR) is 80.6 cm³/mol. The van der Waals surface area contributed by atoms with Gasteiger partial charge in [0.25, 0.3) is 5.56 Å². The van der Waals surface area contributed by atoms with Crippen LogP contribution in [0.25, 0.3) is 11.0 Å². The molecule has 0 unspecified atom stereocenters. The third-order valence-corrected chi connectivity index (χ3v) is 4.76. The molecule has 7 heteroatoms. The molecule has 112 valence electrons. The highest BCUT2D eigenvalue weighted by atomic mass is 16.1. The summed E-state index contributed by atoms with van der Waals surface area (Å²) in [6, 6.07) is 0.772. The van der Waals surface area contributed by atoms with Gasteiger partial charge in [-0.2, -0.15) is 10.1 Å². The van der Waals surface area contributed by atoms with Crippen molar-refractivity contribution in [3.8, 4) is 0 Å². The normalized spacial score (nSPS) is 21.4. The van der Waals surface area contributed by atoms with E-state index in [0.29, 0.717) is 17.0 Å². The average Bonchev–Trinajstić information content (AvgIpc) is 3.19. The van der Waals surface area contributed by atoms with Crippen molar-refractivity contribution in [2.45, 2.75) is 31.7 Å². The van der Waals surface area contributed by atoms with Crippen molar-refractivity contribution in [3.05, 3.63) is 16.6 Å². The van der Waals surface area contributed by atoms with E-state index in [0.717, 1.165) is 32.2 Å². The maximum Gasteiger partial charge on any atom is 0.263 e. The van der Waals surface area contributed by atoms with Crippen LogP contribution in [0.15, 0.2) is 11.0 Å². The number of aromatic nitrogens is 4. The Balaban J connectivity index is 1.50. The second-order valence-corrected chi connectivity index (χ2v) is 5.98. The van der Waals surface area contributed by atoms with Crippen molar-refractivity contribution in [2.24, 2.45) is 0 Å². The van der Waals surface area contributed by atoms with Crippen LogP contribution in [0.1, 0.15) is 25.7 Å². The highest BCUT2D eigenvalue weighted by molar-refractivity contribution is 5.73. The molecule has 3 heterocycles. The number of nitrogens with zero attached hydrogens (tertiary/aromatic N) is 4. The molecule has 0 spiro atoms. The predicted octanol–water partition coefficient (Wildman–Crippen LogP) is 0.711. The number of anilines is 1. The van der Waals surface area contributed by atoms with Crippen molar-refractivity contribution < 1.29 is 0 Å². The van der Waals surface area contributed by atoms with E-state index in [4.69, 9.17) is 0 Å². The van der Waals surface area contributed by atoms with Crippen LogP contribution in [0, 0.1) is 0 Å². The maximum absolute atomic E-state index is 12.0. The number of H-pyrrole nitrogens is 2. The molecule has 2 N–H and O–H groups in total. The second-order valence-electron chi connectivity index (χ2n) is 5.98. The van der Waals surface area contributed by atoms with Gasteiger partial charge in [0.05, 0.1) is 6.20 Å². The Hall–Kier alpha value is -1.89. The lowest BCUT2D eigenvalue weighted by Crippen LogP contribution is -2.50.